The summed E-state index contributed by atoms with van der Waals surface area (Å²) in [5.41, 5.74) is 0.490. The number of hydrogen-bond donors (Lipinski definition) is 1. The summed E-state index contributed by atoms with van der Waals surface area (Å²) in [7, 11) is 0. The molecule has 0 saturated carbocycles. The predicted molar refractivity (Wildman–Crippen MR) is 56.6 cm³/mol. The Bertz CT molecular complexity index is 439. The monoisotopic (exact) mass is 217 g/mol. The molecule has 1 aliphatic rings. The average Bonchev–Trinajstić information content (AvgIpc) is 2.54. The Morgan fingerprint density at radius 3 is 3.19 bits per heavy atom. The molecule has 1 fully saturated rings. The van der Waals surface area contributed by atoms with Gasteiger partial charge in [0.15, 0.2) is 5.82 Å². The van der Waals surface area contributed by atoms with Crippen LogP contribution in [0.15, 0.2) is 12.3 Å². The van der Waals surface area contributed by atoms with Crippen LogP contribution in [0.5, 0.6) is 0 Å². The van der Waals surface area contributed by atoms with Gasteiger partial charge in [0.25, 0.3) is 0 Å². The topological polar surface area (TPSA) is 81.9 Å². The van der Waals surface area contributed by atoms with Crippen LogP contribution in [-0.2, 0) is 4.79 Å². The Kier molecular flexibility index (Phi) is 2.96. The van der Waals surface area contributed by atoms with Gasteiger partial charge in [-0.15, -0.1) is 5.10 Å². The van der Waals surface area contributed by atoms with Gasteiger partial charge in [-0.3, -0.25) is 4.79 Å². The van der Waals surface area contributed by atoms with Gasteiger partial charge < -0.3 is 10.2 Å². The van der Waals surface area contributed by atoms with Crippen LogP contribution in [0, 0.1) is 11.3 Å². The molecule has 0 unspecified atom stereocenters. The second kappa shape index (κ2) is 4.57. The molecule has 1 aromatic rings. The van der Waals surface area contributed by atoms with E-state index in [1.165, 1.54) is 6.20 Å². The summed E-state index contributed by atoms with van der Waals surface area (Å²) in [6.07, 6.45) is 1.91. The lowest BCUT2D eigenvalue weighted by Crippen LogP contribution is -2.29. The second-order valence-electron chi connectivity index (χ2n) is 3.47. The maximum atomic E-state index is 11.2. The van der Waals surface area contributed by atoms with Crippen molar-refractivity contribution in [1.82, 2.24) is 15.5 Å². The maximum Gasteiger partial charge on any atom is 0.221 e. The number of anilines is 1. The summed E-state index contributed by atoms with van der Waals surface area (Å²) in [6, 6.07) is 3.70. The van der Waals surface area contributed by atoms with Crippen molar-refractivity contribution < 1.29 is 4.79 Å². The molecule has 1 aromatic heterocycles. The second-order valence-corrected chi connectivity index (χ2v) is 3.47. The number of rotatable bonds is 1. The molecule has 2 heterocycles. The third-order valence-corrected chi connectivity index (χ3v) is 2.43. The van der Waals surface area contributed by atoms with E-state index in [9.17, 15) is 4.79 Å². The van der Waals surface area contributed by atoms with Gasteiger partial charge in [0, 0.05) is 26.1 Å². The van der Waals surface area contributed by atoms with Crippen molar-refractivity contribution in [3.05, 3.63) is 17.8 Å². The zero-order valence-electron chi connectivity index (χ0n) is 8.68. The lowest BCUT2D eigenvalue weighted by Gasteiger charge is -2.20. The van der Waals surface area contributed by atoms with Gasteiger partial charge in [0.05, 0.1) is 11.8 Å². The molecule has 1 aliphatic heterocycles. The van der Waals surface area contributed by atoms with Crippen molar-refractivity contribution >= 4 is 11.7 Å². The van der Waals surface area contributed by atoms with Gasteiger partial charge in [-0.25, -0.2) is 0 Å². The lowest BCUT2D eigenvalue weighted by molar-refractivity contribution is -0.120. The van der Waals surface area contributed by atoms with Crippen LogP contribution in [0.2, 0.25) is 0 Å². The van der Waals surface area contributed by atoms with E-state index in [1.807, 2.05) is 4.90 Å². The molecule has 1 N–H and O–H groups in total. The highest BCUT2D eigenvalue weighted by molar-refractivity contribution is 5.77. The van der Waals surface area contributed by atoms with E-state index in [2.05, 4.69) is 21.6 Å². The molecule has 1 saturated heterocycles. The standard InChI is InChI=1S/C10H11N5O/c11-7-8-1-3-13-14-10(8)15-5-2-9(16)12-4-6-15/h1,3H,2,4-6H2,(H,12,16). The molecule has 0 aromatic carbocycles. The summed E-state index contributed by atoms with van der Waals surface area (Å²) >= 11 is 0. The van der Waals surface area contributed by atoms with E-state index in [0.717, 1.165) is 0 Å². The molecule has 0 radical (unpaired) electrons. The van der Waals surface area contributed by atoms with E-state index in [0.29, 0.717) is 37.4 Å². The van der Waals surface area contributed by atoms with Crippen LogP contribution >= 0.6 is 0 Å². The molecule has 6 heteroatoms. The van der Waals surface area contributed by atoms with Crippen molar-refractivity contribution in [1.29, 1.82) is 5.26 Å². The minimum Gasteiger partial charge on any atom is -0.354 e. The molecule has 1 amide bonds. The van der Waals surface area contributed by atoms with Crippen LogP contribution in [-0.4, -0.2) is 35.7 Å². The molecule has 82 valence electrons. The van der Waals surface area contributed by atoms with E-state index in [1.54, 1.807) is 6.07 Å². The molecule has 2 rings (SSSR count). The number of hydrogen-bond acceptors (Lipinski definition) is 5. The van der Waals surface area contributed by atoms with Crippen LogP contribution in [0.1, 0.15) is 12.0 Å². The Balaban J connectivity index is 2.23. The third-order valence-electron chi connectivity index (χ3n) is 2.43. The fraction of sp³-hybridized carbons (Fsp3) is 0.400. The van der Waals surface area contributed by atoms with Crippen molar-refractivity contribution in [3.8, 4) is 6.07 Å². The molecule has 6 nitrogen and oxygen atoms in total. The first-order valence-corrected chi connectivity index (χ1v) is 5.04. The van der Waals surface area contributed by atoms with E-state index in [-0.39, 0.29) is 5.91 Å². The van der Waals surface area contributed by atoms with Gasteiger partial charge in [-0.1, -0.05) is 0 Å². The number of amides is 1. The molecule has 0 aliphatic carbocycles. The lowest BCUT2D eigenvalue weighted by atomic mass is 10.2. The number of nitrogens with zero attached hydrogens (tertiary/aromatic N) is 4. The molecule has 16 heavy (non-hydrogen) atoms. The summed E-state index contributed by atoms with van der Waals surface area (Å²) in [4.78, 5) is 13.1. The maximum absolute atomic E-state index is 11.2. The number of carbonyl (C=O) groups is 1. The smallest absolute Gasteiger partial charge is 0.221 e. The third kappa shape index (κ3) is 2.08. The van der Waals surface area contributed by atoms with Gasteiger partial charge >= 0.3 is 0 Å². The molecule has 0 bridgehead atoms. The van der Waals surface area contributed by atoms with Crippen molar-refractivity contribution in [3.63, 3.8) is 0 Å². The highest BCUT2D eigenvalue weighted by Crippen LogP contribution is 2.15. The van der Waals surface area contributed by atoms with Gasteiger partial charge in [-0.05, 0) is 6.07 Å². The van der Waals surface area contributed by atoms with Crippen LogP contribution in [0.4, 0.5) is 5.82 Å². The largest absolute Gasteiger partial charge is 0.354 e. The average molecular weight is 217 g/mol. The summed E-state index contributed by atoms with van der Waals surface area (Å²) < 4.78 is 0. The van der Waals surface area contributed by atoms with Crippen molar-refractivity contribution in [2.75, 3.05) is 24.5 Å². The summed E-state index contributed by atoms with van der Waals surface area (Å²) in [5.74, 6) is 0.589. The zero-order valence-corrected chi connectivity index (χ0v) is 8.68. The van der Waals surface area contributed by atoms with Crippen molar-refractivity contribution in [2.45, 2.75) is 6.42 Å². The van der Waals surface area contributed by atoms with Gasteiger partial charge in [-0.2, -0.15) is 10.4 Å². The normalized spacial score (nSPS) is 16.2. The number of aromatic nitrogens is 2. The minimum atomic E-state index is 0.0323. The Morgan fingerprint density at radius 1 is 1.50 bits per heavy atom. The van der Waals surface area contributed by atoms with E-state index in [4.69, 9.17) is 5.26 Å². The van der Waals surface area contributed by atoms with Crippen LogP contribution in [0.3, 0.4) is 0 Å². The minimum absolute atomic E-state index is 0.0323. The highest BCUT2D eigenvalue weighted by atomic mass is 16.1. The molecular formula is C10H11N5O. The van der Waals surface area contributed by atoms with Crippen LogP contribution < -0.4 is 10.2 Å². The quantitative estimate of drug-likeness (QED) is 0.696. The molecule has 0 spiro atoms. The van der Waals surface area contributed by atoms with Crippen LogP contribution in [0.25, 0.3) is 0 Å². The highest BCUT2D eigenvalue weighted by Gasteiger charge is 2.17. The van der Waals surface area contributed by atoms with Gasteiger partial charge in [0.2, 0.25) is 5.91 Å². The Labute approximate surface area is 92.9 Å². The summed E-state index contributed by atoms with van der Waals surface area (Å²) in [6.45, 7) is 1.79. The van der Waals surface area contributed by atoms with Crippen molar-refractivity contribution in [2.24, 2.45) is 0 Å². The summed E-state index contributed by atoms with van der Waals surface area (Å²) in [5, 5.41) is 19.4. The number of carbonyl (C=O) groups excluding carboxylic acids is 1. The molecule has 0 atom stereocenters. The van der Waals surface area contributed by atoms with Gasteiger partial charge in [0.1, 0.15) is 6.07 Å². The predicted octanol–water partition coefficient (Wildman–Crippen LogP) is -0.325. The Hall–Kier alpha value is -2.16. The first-order valence-electron chi connectivity index (χ1n) is 5.04. The van der Waals surface area contributed by atoms with E-state index >= 15 is 0 Å². The Morgan fingerprint density at radius 2 is 2.38 bits per heavy atom. The van der Waals surface area contributed by atoms with E-state index < -0.39 is 0 Å². The SMILES string of the molecule is N#Cc1ccnnc1N1CCNC(=O)CC1. The zero-order chi connectivity index (χ0) is 11.4. The molecular weight excluding hydrogens is 206 g/mol. The first kappa shape index (κ1) is 10.4. The fourth-order valence-electron chi connectivity index (χ4n) is 1.62. The number of nitriles is 1. The fourth-order valence-corrected chi connectivity index (χ4v) is 1.62. The number of nitrogens with one attached hydrogen (secondary N) is 1. The first-order chi connectivity index (χ1) is 7.81.